The first kappa shape index (κ1) is 11.3. The highest BCUT2D eigenvalue weighted by atomic mass is 35.5. The van der Waals surface area contributed by atoms with E-state index in [1.54, 1.807) is 17.4 Å². The first-order valence-electron chi connectivity index (χ1n) is 5.35. The molecule has 3 rings (SSSR count). The van der Waals surface area contributed by atoms with Crippen LogP contribution in [0.25, 0.3) is 20.8 Å². The van der Waals surface area contributed by atoms with Gasteiger partial charge in [-0.25, -0.2) is 4.98 Å². The number of benzene rings is 2. The number of rotatable bonds is 1. The molecule has 0 saturated carbocycles. The maximum absolute atomic E-state index is 6.16. The van der Waals surface area contributed by atoms with E-state index in [9.17, 15) is 0 Å². The molecule has 2 aromatic carbocycles. The van der Waals surface area contributed by atoms with E-state index in [1.807, 2.05) is 30.3 Å². The number of nitrogen functional groups attached to an aromatic ring is 2. The van der Waals surface area contributed by atoms with Crippen LogP contribution < -0.4 is 11.5 Å². The molecule has 0 bridgehead atoms. The zero-order valence-corrected chi connectivity index (χ0v) is 10.9. The van der Waals surface area contributed by atoms with E-state index in [-0.39, 0.29) is 0 Å². The summed E-state index contributed by atoms with van der Waals surface area (Å²) < 4.78 is 0.956. The van der Waals surface area contributed by atoms with Crippen LogP contribution in [0.1, 0.15) is 0 Å². The molecule has 5 heteroatoms. The summed E-state index contributed by atoms with van der Waals surface area (Å²) in [6, 6.07) is 11.2. The van der Waals surface area contributed by atoms with E-state index >= 15 is 0 Å². The number of hydrogen-bond donors (Lipinski definition) is 2. The lowest BCUT2D eigenvalue weighted by atomic mass is 10.2. The average Bonchev–Trinajstić information content (AvgIpc) is 2.74. The molecule has 0 atom stereocenters. The predicted molar refractivity (Wildman–Crippen MR) is 78.9 cm³/mol. The fourth-order valence-electron chi connectivity index (χ4n) is 1.76. The van der Waals surface area contributed by atoms with Gasteiger partial charge >= 0.3 is 0 Å². The number of aromatic nitrogens is 1. The Morgan fingerprint density at radius 3 is 2.44 bits per heavy atom. The van der Waals surface area contributed by atoms with E-state index in [4.69, 9.17) is 23.1 Å². The smallest absolute Gasteiger partial charge is 0.124 e. The van der Waals surface area contributed by atoms with Crippen molar-refractivity contribution >= 4 is 44.5 Å². The van der Waals surface area contributed by atoms with Gasteiger partial charge in [0, 0.05) is 16.9 Å². The van der Waals surface area contributed by atoms with E-state index < -0.39 is 0 Å². The molecule has 1 aromatic heterocycles. The van der Waals surface area contributed by atoms with Crippen LogP contribution in [-0.2, 0) is 0 Å². The molecule has 4 N–H and O–H groups in total. The first-order chi connectivity index (χ1) is 8.63. The highest BCUT2D eigenvalue weighted by Gasteiger charge is 2.09. The number of anilines is 2. The summed E-state index contributed by atoms with van der Waals surface area (Å²) in [6.45, 7) is 0. The molecule has 0 aliphatic heterocycles. The molecule has 0 unspecified atom stereocenters. The summed E-state index contributed by atoms with van der Waals surface area (Å²) in [7, 11) is 0. The number of fused-ring (bicyclic) bond motifs is 1. The van der Waals surface area contributed by atoms with Crippen LogP contribution in [0.4, 0.5) is 11.4 Å². The minimum absolute atomic E-state index is 0.627. The molecule has 0 fully saturated rings. The van der Waals surface area contributed by atoms with Gasteiger partial charge in [0.15, 0.2) is 0 Å². The van der Waals surface area contributed by atoms with E-state index in [0.29, 0.717) is 10.7 Å². The van der Waals surface area contributed by atoms with Gasteiger partial charge in [-0.1, -0.05) is 11.6 Å². The van der Waals surface area contributed by atoms with Crippen LogP contribution in [-0.4, -0.2) is 4.98 Å². The molecule has 0 spiro atoms. The minimum atomic E-state index is 0.627. The van der Waals surface area contributed by atoms with Gasteiger partial charge in [-0.3, -0.25) is 0 Å². The fraction of sp³-hybridized carbons (Fsp3) is 0. The monoisotopic (exact) mass is 275 g/mol. The second-order valence-electron chi connectivity index (χ2n) is 3.99. The summed E-state index contributed by atoms with van der Waals surface area (Å²) in [5, 5.41) is 1.56. The van der Waals surface area contributed by atoms with Crippen molar-refractivity contribution < 1.29 is 0 Å². The second kappa shape index (κ2) is 4.15. The predicted octanol–water partition coefficient (Wildman–Crippen LogP) is 3.78. The lowest BCUT2D eigenvalue weighted by molar-refractivity contribution is 1.48. The van der Waals surface area contributed by atoms with Crippen LogP contribution in [0.2, 0.25) is 5.02 Å². The van der Waals surface area contributed by atoms with Gasteiger partial charge in [0.1, 0.15) is 5.01 Å². The van der Waals surface area contributed by atoms with Gasteiger partial charge in [0.05, 0.1) is 15.2 Å². The van der Waals surface area contributed by atoms with Gasteiger partial charge in [-0.2, -0.15) is 0 Å². The third-order valence-corrected chi connectivity index (χ3v) is 4.19. The van der Waals surface area contributed by atoms with Crippen molar-refractivity contribution in [1.29, 1.82) is 0 Å². The number of nitrogens with two attached hydrogens (primary N) is 2. The molecule has 1 heterocycles. The van der Waals surface area contributed by atoms with Crippen LogP contribution in [0.15, 0.2) is 36.4 Å². The van der Waals surface area contributed by atoms with E-state index in [0.717, 1.165) is 26.5 Å². The third kappa shape index (κ3) is 1.89. The van der Waals surface area contributed by atoms with Crippen molar-refractivity contribution in [2.24, 2.45) is 0 Å². The Morgan fingerprint density at radius 2 is 1.72 bits per heavy atom. The van der Waals surface area contributed by atoms with Gasteiger partial charge in [-0.15, -0.1) is 11.3 Å². The molecule has 18 heavy (non-hydrogen) atoms. The Kier molecular flexibility index (Phi) is 2.61. The molecule has 0 saturated heterocycles. The number of thiazole rings is 1. The van der Waals surface area contributed by atoms with Crippen LogP contribution in [0, 0.1) is 0 Å². The number of hydrogen-bond acceptors (Lipinski definition) is 4. The summed E-state index contributed by atoms with van der Waals surface area (Å²) >= 11 is 7.71. The molecule has 0 aliphatic carbocycles. The standard InChI is InChI=1S/C13H10ClN3S/c14-10-5-9(16)6-11-12(10)18-13(17-11)7-1-3-8(15)4-2-7/h1-6H,15-16H2. The van der Waals surface area contributed by atoms with Gasteiger partial charge < -0.3 is 11.5 Å². The van der Waals surface area contributed by atoms with Gasteiger partial charge in [-0.05, 0) is 36.4 Å². The van der Waals surface area contributed by atoms with Crippen LogP contribution in [0.3, 0.4) is 0 Å². The topological polar surface area (TPSA) is 64.9 Å². The summed E-state index contributed by atoms with van der Waals surface area (Å²) in [6.07, 6.45) is 0. The van der Waals surface area contributed by atoms with E-state index in [2.05, 4.69) is 4.98 Å². The van der Waals surface area contributed by atoms with Gasteiger partial charge in [0.2, 0.25) is 0 Å². The molecule has 3 nitrogen and oxygen atoms in total. The molecule has 90 valence electrons. The Balaban J connectivity index is 2.19. The second-order valence-corrected chi connectivity index (χ2v) is 5.40. The van der Waals surface area contributed by atoms with Crippen molar-refractivity contribution in [3.63, 3.8) is 0 Å². The Bertz CT molecular complexity index is 719. The zero-order valence-electron chi connectivity index (χ0n) is 9.35. The van der Waals surface area contributed by atoms with Gasteiger partial charge in [0.25, 0.3) is 0 Å². The normalized spacial score (nSPS) is 10.9. The molecular weight excluding hydrogens is 266 g/mol. The van der Waals surface area contributed by atoms with Crippen molar-refractivity contribution in [2.75, 3.05) is 11.5 Å². The highest BCUT2D eigenvalue weighted by molar-refractivity contribution is 7.22. The lowest BCUT2D eigenvalue weighted by Crippen LogP contribution is -1.84. The number of halogens is 1. The average molecular weight is 276 g/mol. The molecule has 3 aromatic rings. The minimum Gasteiger partial charge on any atom is -0.399 e. The zero-order chi connectivity index (χ0) is 12.7. The summed E-state index contributed by atoms with van der Waals surface area (Å²) in [5.74, 6) is 0. The SMILES string of the molecule is Nc1ccc(-c2nc3cc(N)cc(Cl)c3s2)cc1. The largest absolute Gasteiger partial charge is 0.399 e. The Hall–Kier alpha value is -1.78. The quantitative estimate of drug-likeness (QED) is 0.664. The Labute approximate surface area is 113 Å². The Morgan fingerprint density at radius 1 is 1.00 bits per heavy atom. The van der Waals surface area contributed by atoms with Crippen LogP contribution >= 0.6 is 22.9 Å². The summed E-state index contributed by atoms with van der Waals surface area (Å²) in [4.78, 5) is 4.55. The van der Waals surface area contributed by atoms with Crippen LogP contribution in [0.5, 0.6) is 0 Å². The van der Waals surface area contributed by atoms with E-state index in [1.165, 1.54) is 0 Å². The maximum Gasteiger partial charge on any atom is 0.124 e. The first-order valence-corrected chi connectivity index (χ1v) is 6.54. The molecule has 0 radical (unpaired) electrons. The molecule has 0 aliphatic rings. The van der Waals surface area contributed by atoms with Crippen molar-refractivity contribution in [2.45, 2.75) is 0 Å². The molecule has 0 amide bonds. The maximum atomic E-state index is 6.16. The molecular formula is C13H10ClN3S. The van der Waals surface area contributed by atoms with Crippen molar-refractivity contribution in [1.82, 2.24) is 4.98 Å². The third-order valence-electron chi connectivity index (χ3n) is 2.62. The fourth-order valence-corrected chi connectivity index (χ4v) is 3.06. The lowest BCUT2D eigenvalue weighted by Gasteiger charge is -1.95. The summed E-state index contributed by atoms with van der Waals surface area (Å²) in [5.41, 5.74) is 14.6. The van der Waals surface area contributed by atoms with Crippen molar-refractivity contribution in [3.05, 3.63) is 41.4 Å². The van der Waals surface area contributed by atoms with Crippen molar-refractivity contribution in [3.8, 4) is 10.6 Å². The highest BCUT2D eigenvalue weighted by Crippen LogP contribution is 2.36. The number of nitrogens with zero attached hydrogens (tertiary/aromatic N) is 1.